The summed E-state index contributed by atoms with van der Waals surface area (Å²) in [6.07, 6.45) is 1.68. The van der Waals surface area contributed by atoms with Crippen molar-refractivity contribution in [1.82, 2.24) is 9.58 Å². The second-order valence-electron chi connectivity index (χ2n) is 7.90. The van der Waals surface area contributed by atoms with Crippen molar-refractivity contribution in [1.29, 1.82) is 5.41 Å². The summed E-state index contributed by atoms with van der Waals surface area (Å²) in [5, 5.41) is 14.9. The standard InChI is InChI=1S/C25H20FN5OS/c1-14-8-10-18(11-9-14)30-15(2)12-17(16(30)3)13-20-22(27)31-25(28-23(20)32)33-24(29-31)19-6-4-5-7-21(19)26/h4-13,27H,1-3H3. The maximum absolute atomic E-state index is 14.2. The summed E-state index contributed by atoms with van der Waals surface area (Å²) in [5.41, 5.74) is 5.45. The maximum atomic E-state index is 14.2. The number of aliphatic imine (C=N–C) groups is 1. The van der Waals surface area contributed by atoms with Crippen LogP contribution in [0.1, 0.15) is 28.1 Å². The number of thioether (sulfide) groups is 1. The van der Waals surface area contributed by atoms with E-state index in [1.54, 1.807) is 24.3 Å². The summed E-state index contributed by atoms with van der Waals surface area (Å²) in [4.78, 5) is 16.9. The Morgan fingerprint density at radius 2 is 1.79 bits per heavy atom. The van der Waals surface area contributed by atoms with E-state index in [2.05, 4.69) is 38.9 Å². The first-order valence-corrected chi connectivity index (χ1v) is 11.2. The Kier molecular flexibility index (Phi) is 5.09. The number of halogens is 1. The molecule has 2 aliphatic heterocycles. The van der Waals surface area contributed by atoms with Gasteiger partial charge >= 0.3 is 0 Å². The lowest BCUT2D eigenvalue weighted by Crippen LogP contribution is -2.35. The van der Waals surface area contributed by atoms with Gasteiger partial charge in [-0.3, -0.25) is 10.2 Å². The lowest BCUT2D eigenvalue weighted by atomic mass is 10.1. The van der Waals surface area contributed by atoms with Crippen molar-refractivity contribution in [3.63, 3.8) is 0 Å². The predicted octanol–water partition coefficient (Wildman–Crippen LogP) is 5.21. The molecule has 3 aromatic rings. The number of aryl methyl sites for hydroxylation is 2. The predicted molar refractivity (Wildman–Crippen MR) is 130 cm³/mol. The minimum atomic E-state index is -0.510. The number of amidine groups is 2. The molecule has 2 aliphatic rings. The van der Waals surface area contributed by atoms with Crippen LogP contribution in [-0.4, -0.2) is 31.5 Å². The quantitative estimate of drug-likeness (QED) is 0.549. The van der Waals surface area contributed by atoms with Gasteiger partial charge in [0, 0.05) is 22.6 Å². The molecule has 0 fully saturated rings. The first kappa shape index (κ1) is 21.1. The lowest BCUT2D eigenvalue weighted by molar-refractivity contribution is -0.114. The largest absolute Gasteiger partial charge is 0.318 e. The Hall–Kier alpha value is -3.78. The van der Waals surface area contributed by atoms with Crippen LogP contribution in [0, 0.1) is 32.0 Å². The smallest absolute Gasteiger partial charge is 0.283 e. The first-order valence-electron chi connectivity index (χ1n) is 10.3. The molecule has 0 atom stereocenters. The van der Waals surface area contributed by atoms with E-state index in [-0.39, 0.29) is 16.6 Å². The molecule has 8 heteroatoms. The molecule has 2 aromatic carbocycles. The SMILES string of the molecule is Cc1ccc(-n2c(C)cc(C=C3C(=N)N4N=C(c5ccccc5F)SC4=NC3=O)c2C)cc1. The van der Waals surface area contributed by atoms with Gasteiger partial charge in [-0.05, 0) is 74.5 Å². The Morgan fingerprint density at radius 3 is 2.52 bits per heavy atom. The van der Waals surface area contributed by atoms with E-state index in [0.717, 1.165) is 34.4 Å². The molecule has 0 saturated heterocycles. The number of carbonyl (C=O) groups is 1. The summed E-state index contributed by atoms with van der Waals surface area (Å²) >= 11 is 1.08. The molecule has 164 valence electrons. The minimum Gasteiger partial charge on any atom is -0.318 e. The molecular formula is C25H20FN5OS. The van der Waals surface area contributed by atoms with Gasteiger partial charge in [-0.1, -0.05) is 29.8 Å². The molecule has 0 radical (unpaired) electrons. The number of nitrogens with one attached hydrogen (secondary N) is 1. The molecule has 0 saturated carbocycles. The van der Waals surface area contributed by atoms with Gasteiger partial charge < -0.3 is 4.57 Å². The fraction of sp³-hybridized carbons (Fsp3) is 0.120. The number of aromatic nitrogens is 1. The Morgan fingerprint density at radius 1 is 1.06 bits per heavy atom. The molecule has 33 heavy (non-hydrogen) atoms. The van der Waals surface area contributed by atoms with Crippen molar-refractivity contribution in [2.24, 2.45) is 10.1 Å². The Balaban J connectivity index is 1.52. The van der Waals surface area contributed by atoms with Gasteiger partial charge in [-0.25, -0.2) is 4.39 Å². The number of nitrogens with zero attached hydrogens (tertiary/aromatic N) is 4. The lowest BCUT2D eigenvalue weighted by Gasteiger charge is -2.20. The molecule has 0 spiro atoms. The average molecular weight is 458 g/mol. The zero-order chi connectivity index (χ0) is 23.3. The zero-order valence-corrected chi connectivity index (χ0v) is 19.1. The normalized spacial score (nSPS) is 16.8. The van der Waals surface area contributed by atoms with Gasteiger partial charge in [0.2, 0.25) is 5.17 Å². The molecule has 0 aliphatic carbocycles. The number of hydrogen-bond acceptors (Lipinski definition) is 4. The van der Waals surface area contributed by atoms with Crippen LogP contribution in [0.4, 0.5) is 4.39 Å². The number of hydrogen-bond donors (Lipinski definition) is 1. The van der Waals surface area contributed by atoms with Crippen LogP contribution in [0.2, 0.25) is 0 Å². The molecule has 3 heterocycles. The van der Waals surface area contributed by atoms with Gasteiger partial charge in [-0.15, -0.1) is 0 Å². The first-order chi connectivity index (χ1) is 15.8. The molecule has 1 aromatic heterocycles. The van der Waals surface area contributed by atoms with E-state index >= 15 is 0 Å². The van der Waals surface area contributed by atoms with E-state index < -0.39 is 11.7 Å². The highest BCUT2D eigenvalue weighted by atomic mass is 32.2. The second-order valence-corrected chi connectivity index (χ2v) is 8.86. The van der Waals surface area contributed by atoms with Gasteiger partial charge in [0.1, 0.15) is 10.9 Å². The van der Waals surface area contributed by atoms with Crippen LogP contribution >= 0.6 is 11.8 Å². The number of amides is 1. The van der Waals surface area contributed by atoms with Crippen molar-refractivity contribution in [3.8, 4) is 5.69 Å². The minimum absolute atomic E-state index is 0.0796. The molecule has 1 N–H and O–H groups in total. The number of carbonyl (C=O) groups excluding carboxylic acids is 1. The van der Waals surface area contributed by atoms with Crippen molar-refractivity contribution >= 4 is 39.8 Å². The Labute approximate surface area is 194 Å². The third-order valence-corrected chi connectivity index (χ3v) is 6.56. The number of benzene rings is 2. The highest BCUT2D eigenvalue weighted by Crippen LogP contribution is 2.32. The van der Waals surface area contributed by atoms with E-state index in [1.807, 2.05) is 26.8 Å². The van der Waals surface area contributed by atoms with Gasteiger partial charge in [0.25, 0.3) is 5.91 Å². The fourth-order valence-corrected chi connectivity index (χ4v) is 4.83. The van der Waals surface area contributed by atoms with E-state index in [0.29, 0.717) is 10.6 Å². The number of fused-ring (bicyclic) bond motifs is 1. The van der Waals surface area contributed by atoms with Crippen molar-refractivity contribution in [3.05, 3.63) is 94.1 Å². The van der Waals surface area contributed by atoms with Gasteiger partial charge in [0.15, 0.2) is 5.84 Å². The van der Waals surface area contributed by atoms with Crippen LogP contribution in [0.5, 0.6) is 0 Å². The Bertz CT molecular complexity index is 1420. The topological polar surface area (TPSA) is 73.8 Å². The summed E-state index contributed by atoms with van der Waals surface area (Å²) in [5.74, 6) is -1.01. The van der Waals surface area contributed by atoms with Crippen molar-refractivity contribution in [2.75, 3.05) is 0 Å². The van der Waals surface area contributed by atoms with Crippen LogP contribution < -0.4 is 0 Å². The molecular weight excluding hydrogens is 437 g/mol. The van der Waals surface area contributed by atoms with E-state index in [1.165, 1.54) is 16.6 Å². The van der Waals surface area contributed by atoms with Crippen molar-refractivity contribution in [2.45, 2.75) is 20.8 Å². The maximum Gasteiger partial charge on any atom is 0.283 e. The summed E-state index contributed by atoms with van der Waals surface area (Å²) in [6, 6.07) is 16.5. The van der Waals surface area contributed by atoms with Gasteiger partial charge in [-0.2, -0.15) is 15.1 Å². The average Bonchev–Trinajstić information content (AvgIpc) is 3.33. The van der Waals surface area contributed by atoms with Crippen molar-refractivity contribution < 1.29 is 9.18 Å². The number of hydrazone groups is 1. The molecule has 5 rings (SSSR count). The van der Waals surface area contributed by atoms with Crippen LogP contribution in [-0.2, 0) is 4.79 Å². The van der Waals surface area contributed by atoms with E-state index in [4.69, 9.17) is 5.41 Å². The summed E-state index contributed by atoms with van der Waals surface area (Å²) in [7, 11) is 0. The highest BCUT2D eigenvalue weighted by molar-refractivity contribution is 8.27. The number of rotatable bonds is 3. The monoisotopic (exact) mass is 457 g/mol. The second kappa shape index (κ2) is 7.97. The molecule has 0 bridgehead atoms. The fourth-order valence-electron chi connectivity index (χ4n) is 3.92. The van der Waals surface area contributed by atoms with Crippen LogP contribution in [0.3, 0.4) is 0 Å². The molecule has 6 nitrogen and oxygen atoms in total. The summed E-state index contributed by atoms with van der Waals surface area (Å²) < 4.78 is 16.3. The highest BCUT2D eigenvalue weighted by Gasteiger charge is 2.36. The zero-order valence-electron chi connectivity index (χ0n) is 18.3. The van der Waals surface area contributed by atoms with Gasteiger partial charge in [0.05, 0.1) is 5.57 Å². The summed E-state index contributed by atoms with van der Waals surface area (Å²) in [6.45, 7) is 6.02. The molecule has 1 amide bonds. The van der Waals surface area contributed by atoms with E-state index in [9.17, 15) is 9.18 Å². The molecule has 0 unspecified atom stereocenters. The third kappa shape index (κ3) is 3.62. The third-order valence-electron chi connectivity index (χ3n) is 5.62. The van der Waals surface area contributed by atoms with Crippen LogP contribution in [0.15, 0.2) is 70.3 Å². The van der Waals surface area contributed by atoms with Crippen LogP contribution in [0.25, 0.3) is 11.8 Å².